The maximum atomic E-state index is 10.2. The summed E-state index contributed by atoms with van der Waals surface area (Å²) in [6.45, 7) is 3.61. The Morgan fingerprint density at radius 1 is 1.06 bits per heavy atom. The number of aromatic nitrogens is 4. The number of para-hydroxylation sites is 1. The average Bonchev–Trinajstić information content (AvgIpc) is 3.28. The molecule has 9 heteroatoms. The molecular weight excluding hydrogens is 418 g/mol. The lowest BCUT2D eigenvalue weighted by Crippen LogP contribution is -2.40. The predicted octanol–water partition coefficient (Wildman–Crippen LogP) is 2.56. The first-order valence-corrected chi connectivity index (χ1v) is 11.6. The Morgan fingerprint density at radius 3 is 2.70 bits per heavy atom. The highest BCUT2D eigenvalue weighted by atomic mass is 16.5. The zero-order valence-electron chi connectivity index (χ0n) is 18.3. The quantitative estimate of drug-likeness (QED) is 0.558. The molecule has 0 radical (unpaired) electrons. The van der Waals surface area contributed by atoms with Crippen LogP contribution in [0.4, 0.5) is 11.5 Å². The van der Waals surface area contributed by atoms with E-state index in [-0.39, 0.29) is 17.9 Å². The second-order valence-electron chi connectivity index (χ2n) is 8.97. The Bertz CT molecular complexity index is 1130. The molecular formula is C24H27N7O2. The van der Waals surface area contributed by atoms with Crippen LogP contribution in [0.25, 0.3) is 11.3 Å². The Kier molecular flexibility index (Phi) is 5.18. The number of nitrogens with zero attached hydrogens (tertiary/aromatic N) is 5. The summed E-state index contributed by atoms with van der Waals surface area (Å²) in [4.78, 5) is 11.3. The van der Waals surface area contributed by atoms with E-state index in [4.69, 9.17) is 4.74 Å². The van der Waals surface area contributed by atoms with Gasteiger partial charge in [-0.1, -0.05) is 12.1 Å². The van der Waals surface area contributed by atoms with Crippen LogP contribution in [0.5, 0.6) is 11.8 Å². The van der Waals surface area contributed by atoms with Crippen LogP contribution in [0.15, 0.2) is 42.7 Å². The highest BCUT2D eigenvalue weighted by Gasteiger charge is 2.38. The zero-order chi connectivity index (χ0) is 22.2. The number of hydrogen-bond acceptors (Lipinski definition) is 9. The molecule has 0 bridgehead atoms. The highest BCUT2D eigenvalue weighted by Crippen LogP contribution is 2.38. The summed E-state index contributed by atoms with van der Waals surface area (Å²) in [5.41, 5.74) is 3.49. The van der Waals surface area contributed by atoms with E-state index < -0.39 is 0 Å². The molecule has 0 unspecified atom stereocenters. The van der Waals surface area contributed by atoms with E-state index in [9.17, 15) is 5.11 Å². The van der Waals surface area contributed by atoms with Crippen LogP contribution in [0, 0.1) is 0 Å². The van der Waals surface area contributed by atoms with Crippen molar-refractivity contribution in [2.75, 3.05) is 36.4 Å². The van der Waals surface area contributed by atoms with Crippen LogP contribution in [0.3, 0.4) is 0 Å². The van der Waals surface area contributed by atoms with Crippen LogP contribution in [0.1, 0.15) is 30.7 Å². The second kappa shape index (κ2) is 8.47. The summed E-state index contributed by atoms with van der Waals surface area (Å²) in [6.07, 6.45) is 6.97. The lowest BCUT2D eigenvalue weighted by molar-refractivity contribution is 0.202. The summed E-state index contributed by atoms with van der Waals surface area (Å²) in [7, 11) is 0. The number of rotatable bonds is 4. The van der Waals surface area contributed by atoms with Crippen molar-refractivity contribution < 1.29 is 9.84 Å². The van der Waals surface area contributed by atoms with Gasteiger partial charge in [-0.3, -0.25) is 0 Å². The van der Waals surface area contributed by atoms with E-state index in [2.05, 4.69) is 35.7 Å². The number of aromatic hydroxyl groups is 1. The lowest BCUT2D eigenvalue weighted by Gasteiger charge is -2.33. The van der Waals surface area contributed by atoms with Gasteiger partial charge in [-0.25, -0.2) is 9.97 Å². The van der Waals surface area contributed by atoms with E-state index in [0.717, 1.165) is 56.9 Å². The van der Waals surface area contributed by atoms with Crippen molar-refractivity contribution in [3.63, 3.8) is 0 Å². The minimum atomic E-state index is -0.00535. The first-order valence-electron chi connectivity index (χ1n) is 11.6. The number of phenols is 1. The molecule has 0 saturated carbocycles. The molecule has 0 spiro atoms. The molecule has 2 saturated heterocycles. The SMILES string of the molecule is Oc1ccccc1-c1cc2c(nn1)NC[C@H]1C[C@H](Oc3ncc(C4CCNCC4)cn3)CN21. The molecule has 6 rings (SSSR count). The van der Waals surface area contributed by atoms with Crippen molar-refractivity contribution in [2.24, 2.45) is 0 Å². The van der Waals surface area contributed by atoms with Crippen molar-refractivity contribution in [3.8, 4) is 23.0 Å². The number of hydrogen-bond donors (Lipinski definition) is 3. The minimum Gasteiger partial charge on any atom is -0.507 e. The van der Waals surface area contributed by atoms with E-state index in [1.165, 1.54) is 5.56 Å². The van der Waals surface area contributed by atoms with Gasteiger partial charge in [0, 0.05) is 30.9 Å². The molecule has 0 aliphatic carbocycles. The fraction of sp³-hybridized carbons (Fsp3) is 0.417. The van der Waals surface area contributed by atoms with Crippen LogP contribution in [-0.4, -0.2) is 63.6 Å². The number of piperidine rings is 1. The van der Waals surface area contributed by atoms with Gasteiger partial charge >= 0.3 is 6.01 Å². The van der Waals surface area contributed by atoms with Gasteiger partial charge in [0.2, 0.25) is 0 Å². The fourth-order valence-corrected chi connectivity index (χ4v) is 5.11. The Balaban J connectivity index is 1.18. The summed E-state index contributed by atoms with van der Waals surface area (Å²) in [6, 6.07) is 9.90. The van der Waals surface area contributed by atoms with Crippen molar-refractivity contribution in [3.05, 3.63) is 48.3 Å². The van der Waals surface area contributed by atoms with E-state index in [0.29, 0.717) is 23.2 Å². The Hall–Kier alpha value is -3.46. The summed E-state index contributed by atoms with van der Waals surface area (Å²) in [5, 5.41) is 25.7. The maximum Gasteiger partial charge on any atom is 0.316 e. The van der Waals surface area contributed by atoms with Crippen molar-refractivity contribution >= 4 is 11.5 Å². The van der Waals surface area contributed by atoms with Gasteiger partial charge in [0.05, 0.1) is 24.0 Å². The van der Waals surface area contributed by atoms with Crippen molar-refractivity contribution in [1.82, 2.24) is 25.5 Å². The lowest BCUT2D eigenvalue weighted by atomic mass is 9.92. The fourth-order valence-electron chi connectivity index (χ4n) is 5.11. The first-order chi connectivity index (χ1) is 16.2. The van der Waals surface area contributed by atoms with Gasteiger partial charge in [-0.15, -0.1) is 10.2 Å². The maximum absolute atomic E-state index is 10.2. The average molecular weight is 446 g/mol. The molecule has 9 nitrogen and oxygen atoms in total. The number of nitrogens with one attached hydrogen (secondary N) is 2. The molecule has 2 aromatic heterocycles. The molecule has 170 valence electrons. The third kappa shape index (κ3) is 3.93. The zero-order valence-corrected chi connectivity index (χ0v) is 18.3. The summed E-state index contributed by atoms with van der Waals surface area (Å²) >= 11 is 0. The number of anilines is 2. The van der Waals surface area contributed by atoms with Crippen LogP contribution in [0.2, 0.25) is 0 Å². The first kappa shape index (κ1) is 20.2. The smallest absolute Gasteiger partial charge is 0.316 e. The van der Waals surface area contributed by atoms with Crippen molar-refractivity contribution in [1.29, 1.82) is 0 Å². The third-order valence-corrected chi connectivity index (χ3v) is 6.88. The van der Waals surface area contributed by atoms with Gasteiger partial charge in [-0.2, -0.15) is 0 Å². The molecule has 3 aromatic rings. The molecule has 33 heavy (non-hydrogen) atoms. The van der Waals surface area contributed by atoms with Crippen LogP contribution < -0.4 is 20.3 Å². The van der Waals surface area contributed by atoms with E-state index >= 15 is 0 Å². The van der Waals surface area contributed by atoms with E-state index in [1.54, 1.807) is 12.1 Å². The number of ether oxygens (including phenoxy) is 1. The second-order valence-corrected chi connectivity index (χ2v) is 8.97. The summed E-state index contributed by atoms with van der Waals surface area (Å²) < 4.78 is 6.18. The largest absolute Gasteiger partial charge is 0.507 e. The molecule has 3 aliphatic heterocycles. The van der Waals surface area contributed by atoms with Gasteiger partial charge in [0.25, 0.3) is 0 Å². The van der Waals surface area contributed by atoms with Crippen molar-refractivity contribution in [2.45, 2.75) is 37.3 Å². The molecule has 3 aliphatic rings. The monoisotopic (exact) mass is 445 g/mol. The molecule has 0 amide bonds. The summed E-state index contributed by atoms with van der Waals surface area (Å²) in [5.74, 6) is 1.48. The Labute approximate surface area is 192 Å². The Morgan fingerprint density at radius 2 is 1.88 bits per heavy atom. The van der Waals surface area contributed by atoms with Gasteiger partial charge < -0.3 is 25.4 Å². The molecule has 5 heterocycles. The van der Waals surface area contributed by atoms with Gasteiger partial charge in [-0.05, 0) is 55.6 Å². The van der Waals surface area contributed by atoms with Crippen LogP contribution >= 0.6 is 0 Å². The topological polar surface area (TPSA) is 108 Å². The van der Waals surface area contributed by atoms with Gasteiger partial charge in [0.15, 0.2) is 5.82 Å². The highest BCUT2D eigenvalue weighted by molar-refractivity contribution is 5.76. The van der Waals surface area contributed by atoms with Crippen LogP contribution in [-0.2, 0) is 0 Å². The number of fused-ring (bicyclic) bond motifs is 3. The molecule has 2 fully saturated rings. The minimum absolute atomic E-state index is 0.00535. The normalized spacial score (nSPS) is 22.4. The van der Waals surface area contributed by atoms with Gasteiger partial charge in [0.1, 0.15) is 11.9 Å². The number of benzene rings is 1. The van der Waals surface area contributed by atoms with E-state index in [1.807, 2.05) is 30.6 Å². The standard InChI is InChI=1S/C24H27N7O2/c32-22-4-2-1-3-19(22)20-10-21-23(30-29-20)26-13-17-9-18(14-31(17)21)33-24-27-11-16(12-28-24)15-5-7-25-8-6-15/h1-4,10-12,15,17-18,25,32H,5-9,13-14H2,(H,26,30)/t17-,18+/m1/s1. The molecule has 1 aromatic carbocycles. The third-order valence-electron chi connectivity index (χ3n) is 6.88. The predicted molar refractivity (Wildman–Crippen MR) is 125 cm³/mol. The number of phenolic OH excluding ortho intramolecular Hbond substituents is 1. The molecule has 2 atom stereocenters. The molecule has 3 N–H and O–H groups in total.